The summed E-state index contributed by atoms with van der Waals surface area (Å²) in [5.41, 5.74) is 1.12. The summed E-state index contributed by atoms with van der Waals surface area (Å²) in [4.78, 5) is 23.1. The summed E-state index contributed by atoms with van der Waals surface area (Å²) in [5, 5.41) is 10.7. The van der Waals surface area contributed by atoms with Crippen LogP contribution in [0, 0.1) is 6.92 Å². The third-order valence-corrected chi connectivity index (χ3v) is 4.61. The zero-order chi connectivity index (χ0) is 17.4. The minimum Gasteiger partial charge on any atom is -0.484 e. The van der Waals surface area contributed by atoms with E-state index in [1.165, 1.54) is 23.1 Å². The molecule has 0 unspecified atom stereocenters. The van der Waals surface area contributed by atoms with Crippen molar-refractivity contribution in [2.45, 2.75) is 18.2 Å². The third-order valence-electron chi connectivity index (χ3n) is 2.66. The molecule has 1 aromatic carbocycles. The number of esters is 1. The van der Waals surface area contributed by atoms with Crippen LogP contribution in [-0.2, 0) is 14.3 Å². The van der Waals surface area contributed by atoms with Gasteiger partial charge in [0.1, 0.15) is 5.75 Å². The Hall–Kier alpha value is -2.13. The molecule has 1 N–H and O–H groups in total. The Kier molecular flexibility index (Phi) is 7.01. The second-order valence-corrected chi connectivity index (χ2v) is 6.82. The van der Waals surface area contributed by atoms with Crippen molar-refractivity contribution >= 4 is 40.1 Å². The molecule has 1 amide bonds. The van der Waals surface area contributed by atoms with Crippen molar-refractivity contribution in [3.05, 3.63) is 29.8 Å². The van der Waals surface area contributed by atoms with Gasteiger partial charge in [-0.1, -0.05) is 40.8 Å². The van der Waals surface area contributed by atoms with Crippen molar-refractivity contribution in [2.75, 3.05) is 24.3 Å². The van der Waals surface area contributed by atoms with Gasteiger partial charge in [-0.15, -0.1) is 10.2 Å². The molecule has 9 heteroatoms. The molecular formula is C15H17N3O4S2. The molecule has 0 aliphatic carbocycles. The quantitative estimate of drug-likeness (QED) is 0.435. The molecule has 0 radical (unpaired) electrons. The highest BCUT2D eigenvalue weighted by Gasteiger charge is 2.11. The van der Waals surface area contributed by atoms with Crippen molar-refractivity contribution in [1.82, 2.24) is 10.2 Å². The van der Waals surface area contributed by atoms with Crippen molar-refractivity contribution < 1.29 is 19.1 Å². The van der Waals surface area contributed by atoms with Crippen LogP contribution in [0.4, 0.5) is 5.13 Å². The summed E-state index contributed by atoms with van der Waals surface area (Å²) >= 11 is 2.41. The monoisotopic (exact) mass is 367 g/mol. The maximum Gasteiger partial charge on any atom is 0.316 e. The van der Waals surface area contributed by atoms with Gasteiger partial charge in [0.2, 0.25) is 5.13 Å². The number of thioether (sulfide) groups is 1. The first-order valence-corrected chi connectivity index (χ1v) is 8.98. The number of anilines is 1. The van der Waals surface area contributed by atoms with Crippen LogP contribution in [0.3, 0.4) is 0 Å². The number of rotatable bonds is 8. The molecule has 0 saturated heterocycles. The molecule has 1 heterocycles. The van der Waals surface area contributed by atoms with Crippen LogP contribution in [0.2, 0.25) is 0 Å². The second-order valence-electron chi connectivity index (χ2n) is 4.62. The van der Waals surface area contributed by atoms with Crippen LogP contribution >= 0.6 is 23.1 Å². The molecule has 0 atom stereocenters. The number of benzene rings is 1. The first-order chi connectivity index (χ1) is 11.6. The zero-order valence-corrected chi connectivity index (χ0v) is 14.9. The SMILES string of the molecule is CCOC(=O)CSc1nnc(NC(=O)COc2ccc(C)cc2)s1. The molecule has 0 aliphatic rings. The summed E-state index contributed by atoms with van der Waals surface area (Å²) in [6.07, 6.45) is 0. The molecular weight excluding hydrogens is 350 g/mol. The molecule has 0 bridgehead atoms. The van der Waals surface area contributed by atoms with Gasteiger partial charge >= 0.3 is 5.97 Å². The summed E-state index contributed by atoms with van der Waals surface area (Å²) in [5.74, 6) is 0.148. The Morgan fingerprint density at radius 3 is 2.71 bits per heavy atom. The molecule has 128 valence electrons. The molecule has 0 aliphatic heterocycles. The molecule has 0 spiro atoms. The summed E-state index contributed by atoms with van der Waals surface area (Å²) in [7, 11) is 0. The van der Waals surface area contributed by atoms with E-state index < -0.39 is 0 Å². The number of hydrogen-bond acceptors (Lipinski definition) is 8. The summed E-state index contributed by atoms with van der Waals surface area (Å²) in [6.45, 7) is 3.95. The van der Waals surface area contributed by atoms with Gasteiger partial charge in [0.25, 0.3) is 5.91 Å². The molecule has 0 saturated carbocycles. The fourth-order valence-electron chi connectivity index (χ4n) is 1.58. The average molecular weight is 367 g/mol. The second kappa shape index (κ2) is 9.24. The van der Waals surface area contributed by atoms with Crippen LogP contribution < -0.4 is 10.1 Å². The lowest BCUT2D eigenvalue weighted by Crippen LogP contribution is -2.20. The normalized spacial score (nSPS) is 10.2. The molecule has 7 nitrogen and oxygen atoms in total. The lowest BCUT2D eigenvalue weighted by atomic mass is 10.2. The van der Waals surface area contributed by atoms with Crippen LogP contribution in [0.25, 0.3) is 0 Å². The highest BCUT2D eigenvalue weighted by atomic mass is 32.2. The summed E-state index contributed by atoms with van der Waals surface area (Å²) in [6, 6.07) is 7.42. The van der Waals surface area contributed by atoms with E-state index in [1.54, 1.807) is 19.1 Å². The highest BCUT2D eigenvalue weighted by Crippen LogP contribution is 2.25. The van der Waals surface area contributed by atoms with Gasteiger partial charge in [0, 0.05) is 0 Å². The number of aryl methyl sites for hydroxylation is 1. The van der Waals surface area contributed by atoms with Gasteiger partial charge in [0.05, 0.1) is 12.4 Å². The van der Waals surface area contributed by atoms with Crippen molar-refractivity contribution in [3.63, 3.8) is 0 Å². The van der Waals surface area contributed by atoms with E-state index in [-0.39, 0.29) is 24.2 Å². The zero-order valence-electron chi connectivity index (χ0n) is 13.3. The van der Waals surface area contributed by atoms with Crippen molar-refractivity contribution in [2.24, 2.45) is 0 Å². The molecule has 1 aromatic heterocycles. The first kappa shape index (κ1) is 18.2. The summed E-state index contributed by atoms with van der Waals surface area (Å²) < 4.78 is 10.8. The number of carbonyl (C=O) groups is 2. The van der Waals surface area contributed by atoms with E-state index in [0.29, 0.717) is 21.8 Å². The van der Waals surface area contributed by atoms with Gasteiger partial charge in [-0.3, -0.25) is 14.9 Å². The Labute approximate surface area is 147 Å². The van der Waals surface area contributed by atoms with Crippen molar-refractivity contribution in [3.8, 4) is 5.75 Å². The standard InChI is InChI=1S/C15H17N3O4S2/c1-3-21-13(20)9-23-15-18-17-14(24-15)16-12(19)8-22-11-6-4-10(2)5-7-11/h4-7H,3,8-9H2,1-2H3,(H,16,17,19). The van der Waals surface area contributed by atoms with E-state index in [9.17, 15) is 9.59 Å². The largest absolute Gasteiger partial charge is 0.484 e. The van der Waals surface area contributed by atoms with Gasteiger partial charge in [-0.25, -0.2) is 0 Å². The maximum absolute atomic E-state index is 11.8. The Balaban J connectivity index is 1.75. The Bertz CT molecular complexity index is 688. The van der Waals surface area contributed by atoms with Gasteiger partial charge < -0.3 is 9.47 Å². The smallest absolute Gasteiger partial charge is 0.316 e. The van der Waals surface area contributed by atoms with Crippen molar-refractivity contribution in [1.29, 1.82) is 0 Å². The van der Waals surface area contributed by atoms with Crippen LogP contribution in [-0.4, -0.2) is 41.0 Å². The predicted molar refractivity (Wildman–Crippen MR) is 92.6 cm³/mol. The number of amides is 1. The number of hydrogen-bond donors (Lipinski definition) is 1. The number of carbonyl (C=O) groups excluding carboxylic acids is 2. The van der Waals surface area contributed by atoms with Gasteiger partial charge in [-0.05, 0) is 26.0 Å². The molecule has 2 rings (SSSR count). The maximum atomic E-state index is 11.8. The van der Waals surface area contributed by atoms with Gasteiger partial charge in [0.15, 0.2) is 10.9 Å². The number of nitrogens with zero attached hydrogens (tertiary/aromatic N) is 2. The van der Waals surface area contributed by atoms with E-state index in [2.05, 4.69) is 15.5 Å². The number of aromatic nitrogens is 2. The molecule has 2 aromatic rings. The van der Waals surface area contributed by atoms with Gasteiger partial charge in [-0.2, -0.15) is 0 Å². The number of nitrogens with one attached hydrogen (secondary N) is 1. The Morgan fingerprint density at radius 1 is 1.25 bits per heavy atom. The van der Waals surface area contributed by atoms with E-state index in [4.69, 9.17) is 9.47 Å². The average Bonchev–Trinajstić information content (AvgIpc) is 3.00. The predicted octanol–water partition coefficient (Wildman–Crippen LogP) is 2.52. The van der Waals surface area contributed by atoms with E-state index >= 15 is 0 Å². The highest BCUT2D eigenvalue weighted by molar-refractivity contribution is 8.01. The fraction of sp³-hybridized carbons (Fsp3) is 0.333. The van der Waals surface area contributed by atoms with Crippen LogP contribution in [0.15, 0.2) is 28.6 Å². The lowest BCUT2D eigenvalue weighted by molar-refractivity contribution is -0.139. The number of ether oxygens (including phenoxy) is 2. The third kappa shape index (κ3) is 6.17. The minimum atomic E-state index is -0.325. The Morgan fingerprint density at radius 2 is 2.00 bits per heavy atom. The van der Waals surface area contributed by atoms with Crippen LogP contribution in [0.1, 0.15) is 12.5 Å². The lowest BCUT2D eigenvalue weighted by Gasteiger charge is -2.05. The van der Waals surface area contributed by atoms with E-state index in [0.717, 1.165) is 5.56 Å². The topological polar surface area (TPSA) is 90.4 Å². The minimum absolute atomic E-state index is 0.117. The van der Waals surface area contributed by atoms with E-state index in [1.807, 2.05) is 19.1 Å². The van der Waals surface area contributed by atoms with Crippen LogP contribution in [0.5, 0.6) is 5.75 Å². The molecule has 0 fully saturated rings. The fourth-order valence-corrected chi connectivity index (χ4v) is 3.15. The first-order valence-electron chi connectivity index (χ1n) is 7.18. The molecule has 24 heavy (non-hydrogen) atoms.